The van der Waals surface area contributed by atoms with Crippen molar-refractivity contribution in [1.29, 1.82) is 0 Å². The lowest BCUT2D eigenvalue weighted by atomic mass is 9.97. The molecule has 1 aliphatic rings. The van der Waals surface area contributed by atoms with Gasteiger partial charge in [-0.15, -0.1) is 0 Å². The fourth-order valence-corrected chi connectivity index (χ4v) is 2.00. The van der Waals surface area contributed by atoms with Gasteiger partial charge in [-0.3, -0.25) is 14.9 Å². The summed E-state index contributed by atoms with van der Waals surface area (Å²) in [5, 5.41) is 49.4. The number of aliphatic carboxylic acids is 1. The number of amides is 1. The Morgan fingerprint density at radius 2 is 1.81 bits per heavy atom. The molecule has 0 bridgehead atoms. The van der Waals surface area contributed by atoms with Gasteiger partial charge in [0.1, 0.15) is 36.7 Å². The molecule has 0 aromatic heterocycles. The number of ether oxygens (including phenoxy) is 1. The van der Waals surface area contributed by atoms with Crippen LogP contribution in [0.5, 0.6) is 0 Å². The zero-order valence-electron chi connectivity index (χ0n) is 11.1. The van der Waals surface area contributed by atoms with Gasteiger partial charge in [0, 0.05) is 6.42 Å². The molecule has 0 radical (unpaired) electrons. The van der Waals surface area contributed by atoms with E-state index in [4.69, 9.17) is 20.7 Å². The number of carbonyl (C=O) groups excluding carboxylic acids is 1. The third-order valence-electron chi connectivity index (χ3n) is 3.24. The van der Waals surface area contributed by atoms with E-state index in [1.54, 1.807) is 0 Å². The molecule has 122 valence electrons. The van der Waals surface area contributed by atoms with Gasteiger partial charge >= 0.3 is 5.97 Å². The molecule has 0 aromatic carbocycles. The highest BCUT2D eigenvalue weighted by molar-refractivity contribution is 5.77. The predicted molar refractivity (Wildman–Crippen MR) is 66.8 cm³/mol. The lowest BCUT2D eigenvalue weighted by Crippen LogP contribution is -2.64. The molecule has 6 atom stereocenters. The first-order valence-corrected chi connectivity index (χ1v) is 6.35. The Morgan fingerprint density at radius 3 is 2.29 bits per heavy atom. The fraction of sp³-hybridized carbons (Fsp3) is 0.818. The highest BCUT2D eigenvalue weighted by Crippen LogP contribution is 2.20. The number of nitrogens with one attached hydrogen (secondary N) is 1. The van der Waals surface area contributed by atoms with Crippen LogP contribution in [-0.4, -0.2) is 80.7 Å². The van der Waals surface area contributed by atoms with Crippen molar-refractivity contribution in [3.63, 3.8) is 0 Å². The number of rotatable bonds is 7. The zero-order chi connectivity index (χ0) is 16.2. The molecule has 0 saturated carbocycles. The number of nitrogens with two attached hydrogens (primary N) is 1. The molecule has 1 heterocycles. The van der Waals surface area contributed by atoms with Crippen LogP contribution in [0.25, 0.3) is 0 Å². The summed E-state index contributed by atoms with van der Waals surface area (Å²) < 4.78 is 5.12. The maximum atomic E-state index is 11.1. The van der Waals surface area contributed by atoms with Crippen LogP contribution < -0.4 is 11.1 Å². The molecule has 0 spiro atoms. The summed E-state index contributed by atoms with van der Waals surface area (Å²) >= 11 is 0. The molecule has 21 heavy (non-hydrogen) atoms. The number of carboxylic acids is 1. The van der Waals surface area contributed by atoms with Crippen molar-refractivity contribution in [1.82, 2.24) is 5.32 Å². The van der Waals surface area contributed by atoms with E-state index < -0.39 is 55.2 Å². The Labute approximate surface area is 120 Å². The van der Waals surface area contributed by atoms with E-state index in [0.717, 1.165) is 0 Å². The number of carboxylic acid groups (broad SMARTS) is 1. The van der Waals surface area contributed by atoms with E-state index >= 15 is 0 Å². The second-order valence-corrected chi connectivity index (χ2v) is 4.81. The molecule has 1 rings (SSSR count). The Bertz CT molecular complexity index is 377. The highest BCUT2D eigenvalue weighted by Gasteiger charge is 2.44. The monoisotopic (exact) mass is 308 g/mol. The van der Waals surface area contributed by atoms with Crippen LogP contribution in [0.3, 0.4) is 0 Å². The third-order valence-corrected chi connectivity index (χ3v) is 3.24. The maximum Gasteiger partial charge on any atom is 0.320 e. The van der Waals surface area contributed by atoms with Gasteiger partial charge in [-0.2, -0.15) is 0 Å². The van der Waals surface area contributed by atoms with Crippen LogP contribution >= 0.6 is 0 Å². The maximum absolute atomic E-state index is 11.1. The summed E-state index contributed by atoms with van der Waals surface area (Å²) in [6.07, 6.45) is -7.55. The predicted octanol–water partition coefficient (Wildman–Crippen LogP) is -3.91. The van der Waals surface area contributed by atoms with Crippen LogP contribution in [0, 0.1) is 0 Å². The molecule has 8 N–H and O–H groups in total. The average Bonchev–Trinajstić information content (AvgIpc) is 2.42. The minimum atomic E-state index is -1.61. The second-order valence-electron chi connectivity index (χ2n) is 4.81. The van der Waals surface area contributed by atoms with Crippen molar-refractivity contribution in [2.45, 2.75) is 49.5 Å². The number of hydrogen-bond acceptors (Lipinski definition) is 8. The summed E-state index contributed by atoms with van der Waals surface area (Å²) in [4.78, 5) is 21.8. The lowest BCUT2D eigenvalue weighted by Gasteiger charge is -2.41. The SMILES string of the molecule is NC(=O)CC[C@H](NC1O[C@H](CO)[C@@H](O)[C@H](O)[C@H]1O)C(=O)O. The Kier molecular flexibility index (Phi) is 6.45. The minimum Gasteiger partial charge on any atom is -0.480 e. The summed E-state index contributed by atoms with van der Waals surface area (Å²) in [5.74, 6) is -1.98. The first-order valence-electron chi connectivity index (χ1n) is 6.35. The quantitative estimate of drug-likeness (QED) is 0.247. The summed E-state index contributed by atoms with van der Waals surface area (Å²) in [7, 11) is 0. The molecular formula is C11H20N2O8. The molecule has 10 nitrogen and oxygen atoms in total. The minimum absolute atomic E-state index is 0.139. The molecule has 0 aliphatic carbocycles. The van der Waals surface area contributed by atoms with Gasteiger partial charge in [0.25, 0.3) is 0 Å². The van der Waals surface area contributed by atoms with Crippen molar-refractivity contribution in [2.75, 3.05) is 6.61 Å². The Hall–Kier alpha value is -1.30. The molecule has 1 unspecified atom stereocenters. The van der Waals surface area contributed by atoms with E-state index in [1.165, 1.54) is 0 Å². The number of carbonyl (C=O) groups is 2. The molecule has 1 aliphatic heterocycles. The van der Waals surface area contributed by atoms with Crippen LogP contribution in [0.1, 0.15) is 12.8 Å². The van der Waals surface area contributed by atoms with Crippen molar-refractivity contribution in [3.05, 3.63) is 0 Å². The largest absolute Gasteiger partial charge is 0.480 e. The van der Waals surface area contributed by atoms with Crippen LogP contribution in [0.2, 0.25) is 0 Å². The molecule has 10 heteroatoms. The normalized spacial score (nSPS) is 34.4. The summed E-state index contributed by atoms with van der Waals surface area (Å²) in [6, 6.07) is -1.25. The molecular weight excluding hydrogens is 288 g/mol. The van der Waals surface area contributed by atoms with Gasteiger partial charge in [-0.05, 0) is 6.42 Å². The second kappa shape index (κ2) is 7.64. The van der Waals surface area contributed by atoms with Gasteiger partial charge in [-0.1, -0.05) is 0 Å². The number of aliphatic hydroxyl groups excluding tert-OH is 4. The van der Waals surface area contributed by atoms with Crippen LogP contribution in [0.4, 0.5) is 0 Å². The van der Waals surface area contributed by atoms with Crippen molar-refractivity contribution in [3.8, 4) is 0 Å². The van der Waals surface area contributed by atoms with Crippen LogP contribution in [-0.2, 0) is 14.3 Å². The zero-order valence-corrected chi connectivity index (χ0v) is 11.1. The van der Waals surface area contributed by atoms with E-state index in [-0.39, 0.29) is 12.8 Å². The van der Waals surface area contributed by atoms with Crippen LogP contribution in [0.15, 0.2) is 0 Å². The van der Waals surface area contributed by atoms with Gasteiger partial charge in [0.2, 0.25) is 5.91 Å². The van der Waals surface area contributed by atoms with Gasteiger partial charge in [0.15, 0.2) is 0 Å². The van der Waals surface area contributed by atoms with Crippen molar-refractivity contribution >= 4 is 11.9 Å². The summed E-state index contributed by atoms with van der Waals surface area (Å²) in [5.41, 5.74) is 4.94. The first-order chi connectivity index (χ1) is 9.77. The van der Waals surface area contributed by atoms with Crippen molar-refractivity contribution < 1.29 is 39.9 Å². The van der Waals surface area contributed by atoms with E-state index in [9.17, 15) is 24.9 Å². The van der Waals surface area contributed by atoms with E-state index in [2.05, 4.69) is 5.32 Å². The smallest absolute Gasteiger partial charge is 0.320 e. The van der Waals surface area contributed by atoms with Gasteiger partial charge < -0.3 is 36.0 Å². The average molecular weight is 308 g/mol. The third kappa shape index (κ3) is 4.59. The number of hydrogen-bond donors (Lipinski definition) is 7. The number of aliphatic hydroxyl groups is 4. The van der Waals surface area contributed by atoms with Gasteiger partial charge in [-0.25, -0.2) is 0 Å². The number of primary amides is 1. The molecule has 1 amide bonds. The van der Waals surface area contributed by atoms with Crippen molar-refractivity contribution in [2.24, 2.45) is 5.73 Å². The first kappa shape index (κ1) is 17.8. The van der Waals surface area contributed by atoms with E-state index in [0.29, 0.717) is 0 Å². The molecule has 1 saturated heterocycles. The standard InChI is InChI=1S/C11H20N2O8/c12-6(15)2-1-4(11(19)20)13-10-9(18)8(17)7(16)5(3-14)21-10/h4-5,7-10,13-14,16-18H,1-3H2,(H2,12,15)(H,19,20)/t4-,5+,7+,8-,9+,10?/m0/s1. The Morgan fingerprint density at radius 1 is 1.19 bits per heavy atom. The molecule has 1 fully saturated rings. The lowest BCUT2D eigenvalue weighted by molar-refractivity contribution is -0.238. The topological polar surface area (TPSA) is 183 Å². The fourth-order valence-electron chi connectivity index (χ4n) is 2.00. The van der Waals surface area contributed by atoms with Gasteiger partial charge in [0.05, 0.1) is 6.61 Å². The Balaban J connectivity index is 2.72. The summed E-state index contributed by atoms with van der Waals surface area (Å²) in [6.45, 7) is -0.623. The van der Waals surface area contributed by atoms with E-state index in [1.807, 2.05) is 0 Å². The highest BCUT2D eigenvalue weighted by atomic mass is 16.6. The molecule has 0 aromatic rings.